The first-order valence-corrected chi connectivity index (χ1v) is 6.55. The van der Waals surface area contributed by atoms with Gasteiger partial charge in [0, 0.05) is 18.7 Å². The summed E-state index contributed by atoms with van der Waals surface area (Å²) in [6.45, 7) is 1.39. The van der Waals surface area contributed by atoms with E-state index < -0.39 is 5.82 Å². The number of hydrogen-bond donors (Lipinski definition) is 1. The van der Waals surface area contributed by atoms with E-state index in [1.54, 1.807) is 28.9 Å². The van der Waals surface area contributed by atoms with Gasteiger partial charge in [-0.25, -0.2) is 8.91 Å². The molecule has 0 aliphatic rings. The van der Waals surface area contributed by atoms with Gasteiger partial charge in [-0.3, -0.25) is 10.1 Å². The lowest BCUT2D eigenvalue weighted by Crippen LogP contribution is -2.07. The lowest BCUT2D eigenvalue weighted by molar-refractivity contribution is -0.114. The molecule has 0 saturated carbocycles. The van der Waals surface area contributed by atoms with Crippen molar-refractivity contribution in [2.75, 3.05) is 12.4 Å². The normalized spacial score (nSPS) is 10.7. The van der Waals surface area contributed by atoms with Crippen LogP contribution in [0.2, 0.25) is 0 Å². The number of nitrogens with one attached hydrogen (secondary N) is 1. The average Bonchev–Trinajstić information content (AvgIpc) is 2.88. The summed E-state index contributed by atoms with van der Waals surface area (Å²) in [5.74, 6) is -0.239. The molecular formula is C15H13FN4O2. The second kappa shape index (κ2) is 5.44. The number of hydrogen-bond acceptors (Lipinski definition) is 4. The van der Waals surface area contributed by atoms with Crippen LogP contribution in [0.4, 0.5) is 10.3 Å². The summed E-state index contributed by atoms with van der Waals surface area (Å²) in [4.78, 5) is 15.2. The zero-order valence-electron chi connectivity index (χ0n) is 12.0. The highest BCUT2D eigenvalue weighted by atomic mass is 19.1. The second-order valence-corrected chi connectivity index (χ2v) is 4.69. The SMILES string of the molecule is COc1cc(-c2ccc3nc(NC(C)=O)nn3c2)ccc1F. The Morgan fingerprint density at radius 1 is 1.27 bits per heavy atom. The molecular weight excluding hydrogens is 287 g/mol. The predicted molar refractivity (Wildman–Crippen MR) is 79.2 cm³/mol. The molecule has 1 N–H and O–H groups in total. The number of fused-ring (bicyclic) bond motifs is 1. The van der Waals surface area contributed by atoms with Gasteiger partial charge in [-0.15, -0.1) is 5.10 Å². The van der Waals surface area contributed by atoms with E-state index in [-0.39, 0.29) is 17.6 Å². The number of aromatic nitrogens is 3. The molecule has 0 saturated heterocycles. The van der Waals surface area contributed by atoms with Crippen LogP contribution >= 0.6 is 0 Å². The van der Waals surface area contributed by atoms with Crippen molar-refractivity contribution in [1.29, 1.82) is 0 Å². The molecule has 0 aliphatic heterocycles. The maximum atomic E-state index is 13.5. The minimum atomic E-state index is -0.416. The van der Waals surface area contributed by atoms with E-state index in [0.29, 0.717) is 5.65 Å². The molecule has 0 aliphatic carbocycles. The van der Waals surface area contributed by atoms with Crippen LogP contribution in [0.3, 0.4) is 0 Å². The zero-order valence-corrected chi connectivity index (χ0v) is 12.0. The van der Waals surface area contributed by atoms with Gasteiger partial charge in [0.05, 0.1) is 7.11 Å². The monoisotopic (exact) mass is 300 g/mol. The number of pyridine rings is 1. The van der Waals surface area contributed by atoms with Crippen molar-refractivity contribution in [3.63, 3.8) is 0 Å². The maximum absolute atomic E-state index is 13.5. The van der Waals surface area contributed by atoms with Crippen molar-refractivity contribution in [3.05, 3.63) is 42.3 Å². The molecule has 0 unspecified atom stereocenters. The van der Waals surface area contributed by atoms with Crippen molar-refractivity contribution in [2.24, 2.45) is 0 Å². The second-order valence-electron chi connectivity index (χ2n) is 4.69. The van der Waals surface area contributed by atoms with E-state index in [1.165, 1.54) is 20.1 Å². The minimum Gasteiger partial charge on any atom is -0.494 e. The molecule has 2 heterocycles. The van der Waals surface area contributed by atoms with Crippen LogP contribution in [-0.4, -0.2) is 27.6 Å². The van der Waals surface area contributed by atoms with Gasteiger partial charge in [-0.1, -0.05) is 6.07 Å². The predicted octanol–water partition coefficient (Wildman–Crippen LogP) is 2.50. The molecule has 3 rings (SSSR count). The number of amides is 1. The quantitative estimate of drug-likeness (QED) is 0.807. The summed E-state index contributed by atoms with van der Waals surface area (Å²) in [7, 11) is 1.42. The van der Waals surface area contributed by atoms with Gasteiger partial charge in [0.1, 0.15) is 0 Å². The van der Waals surface area contributed by atoms with Gasteiger partial charge in [0.25, 0.3) is 0 Å². The Hall–Kier alpha value is -2.96. The number of halogens is 1. The van der Waals surface area contributed by atoms with Crippen molar-refractivity contribution < 1.29 is 13.9 Å². The van der Waals surface area contributed by atoms with E-state index in [1.807, 2.05) is 6.07 Å². The Balaban J connectivity index is 2.02. The Morgan fingerprint density at radius 2 is 2.05 bits per heavy atom. The highest BCUT2D eigenvalue weighted by molar-refractivity contribution is 5.86. The highest BCUT2D eigenvalue weighted by Crippen LogP contribution is 2.26. The summed E-state index contributed by atoms with van der Waals surface area (Å²) in [5.41, 5.74) is 2.21. The van der Waals surface area contributed by atoms with Crippen LogP contribution in [-0.2, 0) is 4.79 Å². The van der Waals surface area contributed by atoms with Gasteiger partial charge in [-0.05, 0) is 29.8 Å². The number of benzene rings is 1. The number of anilines is 1. The Morgan fingerprint density at radius 3 is 2.77 bits per heavy atom. The van der Waals surface area contributed by atoms with Gasteiger partial charge >= 0.3 is 0 Å². The fraction of sp³-hybridized carbons (Fsp3) is 0.133. The molecule has 0 bridgehead atoms. The zero-order chi connectivity index (χ0) is 15.7. The van der Waals surface area contributed by atoms with Crippen LogP contribution in [0.1, 0.15) is 6.92 Å². The number of ether oxygens (including phenoxy) is 1. The summed E-state index contributed by atoms with van der Waals surface area (Å²) < 4.78 is 20.0. The summed E-state index contributed by atoms with van der Waals surface area (Å²) in [5, 5.41) is 6.70. The van der Waals surface area contributed by atoms with Gasteiger partial charge in [0.2, 0.25) is 11.9 Å². The average molecular weight is 300 g/mol. The molecule has 0 atom stereocenters. The number of methoxy groups -OCH3 is 1. The number of nitrogens with zero attached hydrogens (tertiary/aromatic N) is 3. The molecule has 0 radical (unpaired) electrons. The number of carbonyl (C=O) groups is 1. The number of rotatable bonds is 3. The lowest BCUT2D eigenvalue weighted by Gasteiger charge is -2.06. The largest absolute Gasteiger partial charge is 0.494 e. The van der Waals surface area contributed by atoms with Crippen LogP contribution in [0.25, 0.3) is 16.8 Å². The standard InChI is InChI=1S/C15H13FN4O2/c1-9(21)17-15-18-14-6-4-11(8-20(14)19-15)10-3-5-12(16)13(7-10)22-2/h3-8H,1-2H3,(H,17,19,21). The number of carbonyl (C=O) groups excluding carboxylic acids is 1. The van der Waals surface area contributed by atoms with Gasteiger partial charge in [0.15, 0.2) is 17.2 Å². The summed E-state index contributed by atoms with van der Waals surface area (Å²) in [6, 6.07) is 8.23. The van der Waals surface area contributed by atoms with Gasteiger partial charge in [-0.2, -0.15) is 4.98 Å². The van der Waals surface area contributed by atoms with Crippen molar-refractivity contribution in [2.45, 2.75) is 6.92 Å². The lowest BCUT2D eigenvalue weighted by atomic mass is 10.1. The topological polar surface area (TPSA) is 68.5 Å². The third kappa shape index (κ3) is 2.60. The molecule has 3 aromatic rings. The van der Waals surface area contributed by atoms with E-state index in [4.69, 9.17) is 4.74 Å². The smallest absolute Gasteiger partial charge is 0.249 e. The first-order valence-electron chi connectivity index (χ1n) is 6.55. The molecule has 2 aromatic heterocycles. The minimum absolute atomic E-state index is 0.176. The Labute approximate surface area is 125 Å². The molecule has 0 spiro atoms. The fourth-order valence-corrected chi connectivity index (χ4v) is 2.10. The first-order chi connectivity index (χ1) is 10.6. The van der Waals surface area contributed by atoms with Crippen LogP contribution in [0.5, 0.6) is 5.75 Å². The third-order valence-electron chi connectivity index (χ3n) is 3.10. The molecule has 22 heavy (non-hydrogen) atoms. The van der Waals surface area contributed by atoms with E-state index in [2.05, 4.69) is 15.4 Å². The van der Waals surface area contributed by atoms with Crippen LogP contribution in [0.15, 0.2) is 36.5 Å². The molecule has 1 amide bonds. The van der Waals surface area contributed by atoms with Crippen molar-refractivity contribution >= 4 is 17.5 Å². The third-order valence-corrected chi connectivity index (χ3v) is 3.10. The van der Waals surface area contributed by atoms with E-state index in [0.717, 1.165) is 11.1 Å². The van der Waals surface area contributed by atoms with Gasteiger partial charge < -0.3 is 4.74 Å². The molecule has 112 valence electrons. The maximum Gasteiger partial charge on any atom is 0.249 e. The fourth-order valence-electron chi connectivity index (χ4n) is 2.10. The van der Waals surface area contributed by atoms with E-state index >= 15 is 0 Å². The Bertz CT molecular complexity index is 860. The summed E-state index contributed by atoms with van der Waals surface area (Å²) >= 11 is 0. The molecule has 0 fully saturated rings. The molecule has 1 aromatic carbocycles. The van der Waals surface area contributed by atoms with Crippen molar-refractivity contribution in [1.82, 2.24) is 14.6 Å². The van der Waals surface area contributed by atoms with E-state index in [9.17, 15) is 9.18 Å². The molecule has 6 nitrogen and oxygen atoms in total. The molecule has 7 heteroatoms. The Kier molecular flexibility index (Phi) is 3.46. The van der Waals surface area contributed by atoms with Crippen molar-refractivity contribution in [3.8, 4) is 16.9 Å². The summed E-state index contributed by atoms with van der Waals surface area (Å²) in [6.07, 6.45) is 1.75. The van der Waals surface area contributed by atoms with Crippen LogP contribution in [0, 0.1) is 5.82 Å². The highest BCUT2D eigenvalue weighted by Gasteiger charge is 2.08. The van der Waals surface area contributed by atoms with Crippen LogP contribution < -0.4 is 10.1 Å². The first kappa shape index (κ1) is 14.0.